The van der Waals surface area contributed by atoms with Gasteiger partial charge in [0, 0.05) is 19.5 Å². The Bertz CT molecular complexity index is 307. The highest BCUT2D eigenvalue weighted by molar-refractivity contribution is 7.99. The largest absolute Gasteiger partial charge is 0.481 e. The fourth-order valence-corrected chi connectivity index (χ4v) is 3.40. The molecule has 1 aliphatic rings. The molecule has 5 nitrogen and oxygen atoms in total. The zero-order valence-corrected chi connectivity index (χ0v) is 13.0. The highest BCUT2D eigenvalue weighted by Gasteiger charge is 2.14. The van der Waals surface area contributed by atoms with Crippen molar-refractivity contribution < 1.29 is 14.7 Å². The first-order valence-electron chi connectivity index (χ1n) is 7.39. The van der Waals surface area contributed by atoms with Gasteiger partial charge in [0.05, 0.1) is 0 Å². The molecule has 116 valence electrons. The number of carboxylic acids is 1. The van der Waals surface area contributed by atoms with E-state index in [1.54, 1.807) is 0 Å². The lowest BCUT2D eigenvalue weighted by molar-refractivity contribution is -0.137. The van der Waals surface area contributed by atoms with Gasteiger partial charge in [0.1, 0.15) is 0 Å². The smallest absolute Gasteiger partial charge is 0.314 e. The first-order valence-corrected chi connectivity index (χ1v) is 8.54. The number of urea groups is 1. The van der Waals surface area contributed by atoms with Crippen LogP contribution in [0.3, 0.4) is 0 Å². The molecule has 0 aliphatic carbocycles. The van der Waals surface area contributed by atoms with Crippen molar-refractivity contribution in [1.29, 1.82) is 0 Å². The number of carbonyl (C=O) groups is 2. The van der Waals surface area contributed by atoms with Gasteiger partial charge in [-0.15, -0.1) is 0 Å². The Hall–Kier alpha value is -0.910. The Morgan fingerprint density at radius 3 is 2.60 bits per heavy atom. The van der Waals surface area contributed by atoms with Gasteiger partial charge in [0.25, 0.3) is 0 Å². The standard InChI is InChI=1S/C14H26N2O3S/c1-11(2-3-13(17)18)4-7-15-14(19)16-10-12-5-8-20-9-6-12/h11-12H,2-10H2,1H3,(H,17,18)(H2,15,16,19). The third-order valence-electron chi connectivity index (χ3n) is 3.67. The summed E-state index contributed by atoms with van der Waals surface area (Å²) in [7, 11) is 0. The monoisotopic (exact) mass is 302 g/mol. The molecule has 0 aromatic carbocycles. The van der Waals surface area contributed by atoms with E-state index in [0.29, 0.717) is 24.8 Å². The van der Waals surface area contributed by atoms with Gasteiger partial charge in [-0.25, -0.2) is 4.79 Å². The number of carbonyl (C=O) groups excluding carboxylic acids is 1. The Balaban J connectivity index is 2.00. The van der Waals surface area contributed by atoms with Crippen molar-refractivity contribution in [2.75, 3.05) is 24.6 Å². The van der Waals surface area contributed by atoms with Crippen LogP contribution in [0.2, 0.25) is 0 Å². The average Bonchev–Trinajstić information content (AvgIpc) is 2.44. The first kappa shape index (κ1) is 17.1. The van der Waals surface area contributed by atoms with Crippen molar-refractivity contribution in [2.45, 2.75) is 39.0 Å². The van der Waals surface area contributed by atoms with Gasteiger partial charge in [-0.05, 0) is 49.0 Å². The van der Waals surface area contributed by atoms with Crippen molar-refractivity contribution >= 4 is 23.8 Å². The highest BCUT2D eigenvalue weighted by Crippen LogP contribution is 2.21. The summed E-state index contributed by atoms with van der Waals surface area (Å²) < 4.78 is 0. The van der Waals surface area contributed by atoms with Gasteiger partial charge >= 0.3 is 12.0 Å². The van der Waals surface area contributed by atoms with E-state index in [1.165, 1.54) is 24.3 Å². The molecule has 0 spiro atoms. The molecule has 1 heterocycles. The van der Waals surface area contributed by atoms with E-state index >= 15 is 0 Å². The van der Waals surface area contributed by atoms with Crippen LogP contribution >= 0.6 is 11.8 Å². The summed E-state index contributed by atoms with van der Waals surface area (Å²) in [5.41, 5.74) is 0. The summed E-state index contributed by atoms with van der Waals surface area (Å²) >= 11 is 1.99. The fraction of sp³-hybridized carbons (Fsp3) is 0.857. The molecule has 1 unspecified atom stereocenters. The minimum absolute atomic E-state index is 0.103. The SMILES string of the molecule is CC(CCNC(=O)NCC1CCSCC1)CCC(=O)O. The van der Waals surface area contributed by atoms with Crippen LogP contribution in [0.5, 0.6) is 0 Å². The van der Waals surface area contributed by atoms with E-state index in [1.807, 2.05) is 18.7 Å². The number of nitrogens with one attached hydrogen (secondary N) is 2. The van der Waals surface area contributed by atoms with Crippen LogP contribution in [0.15, 0.2) is 0 Å². The molecule has 0 radical (unpaired) electrons. The minimum atomic E-state index is -0.756. The molecule has 0 aromatic heterocycles. The Morgan fingerprint density at radius 1 is 1.25 bits per heavy atom. The van der Waals surface area contributed by atoms with Crippen LogP contribution in [-0.2, 0) is 4.79 Å². The summed E-state index contributed by atoms with van der Waals surface area (Å²) in [5.74, 6) is 2.59. The third kappa shape index (κ3) is 8.30. The molecule has 20 heavy (non-hydrogen) atoms. The first-order chi connectivity index (χ1) is 9.58. The lowest BCUT2D eigenvalue weighted by atomic mass is 10.0. The minimum Gasteiger partial charge on any atom is -0.481 e. The molecule has 1 rings (SSSR count). The van der Waals surface area contributed by atoms with Crippen LogP contribution in [0, 0.1) is 11.8 Å². The summed E-state index contributed by atoms with van der Waals surface area (Å²) in [4.78, 5) is 22.1. The van der Waals surface area contributed by atoms with Crippen LogP contribution in [-0.4, -0.2) is 41.7 Å². The topological polar surface area (TPSA) is 78.4 Å². The van der Waals surface area contributed by atoms with E-state index in [9.17, 15) is 9.59 Å². The quantitative estimate of drug-likeness (QED) is 0.643. The highest BCUT2D eigenvalue weighted by atomic mass is 32.2. The van der Waals surface area contributed by atoms with Crippen LogP contribution in [0.1, 0.15) is 39.0 Å². The molecule has 1 saturated heterocycles. The maximum Gasteiger partial charge on any atom is 0.314 e. The summed E-state index contributed by atoms with van der Waals surface area (Å²) in [6.45, 7) is 3.39. The predicted octanol–water partition coefficient (Wildman–Crippen LogP) is 2.32. The van der Waals surface area contributed by atoms with Crippen molar-refractivity contribution in [3.05, 3.63) is 0 Å². The van der Waals surface area contributed by atoms with Gasteiger partial charge in [-0.2, -0.15) is 11.8 Å². The number of aliphatic carboxylic acids is 1. The molecule has 3 N–H and O–H groups in total. The number of hydrogen-bond donors (Lipinski definition) is 3. The molecule has 2 amide bonds. The Kier molecular flexibility index (Phi) is 8.49. The van der Waals surface area contributed by atoms with Gasteiger partial charge in [0.15, 0.2) is 0 Å². The van der Waals surface area contributed by atoms with E-state index in [2.05, 4.69) is 10.6 Å². The predicted molar refractivity (Wildman–Crippen MR) is 82.1 cm³/mol. The average molecular weight is 302 g/mol. The fourth-order valence-electron chi connectivity index (χ4n) is 2.20. The van der Waals surface area contributed by atoms with E-state index < -0.39 is 5.97 Å². The molecule has 1 aliphatic heterocycles. The number of rotatable bonds is 8. The molecular formula is C14H26N2O3S. The number of hydrogen-bond acceptors (Lipinski definition) is 3. The number of carboxylic acid groups (broad SMARTS) is 1. The lowest BCUT2D eigenvalue weighted by Gasteiger charge is -2.21. The molecule has 6 heteroatoms. The van der Waals surface area contributed by atoms with E-state index in [4.69, 9.17) is 5.11 Å². The van der Waals surface area contributed by atoms with Crippen molar-refractivity contribution in [2.24, 2.45) is 11.8 Å². The van der Waals surface area contributed by atoms with Gasteiger partial charge in [-0.1, -0.05) is 6.92 Å². The maximum atomic E-state index is 11.6. The Labute approximate surface area is 125 Å². The van der Waals surface area contributed by atoms with Gasteiger partial charge < -0.3 is 15.7 Å². The molecule has 1 fully saturated rings. The van der Waals surface area contributed by atoms with Gasteiger partial charge in [0.2, 0.25) is 0 Å². The zero-order valence-electron chi connectivity index (χ0n) is 12.2. The molecule has 0 aromatic rings. The van der Waals surface area contributed by atoms with Gasteiger partial charge in [-0.3, -0.25) is 4.79 Å². The van der Waals surface area contributed by atoms with Crippen molar-refractivity contribution in [1.82, 2.24) is 10.6 Å². The second kappa shape index (κ2) is 9.91. The molecule has 0 bridgehead atoms. The molecule has 0 saturated carbocycles. The summed E-state index contributed by atoms with van der Waals surface area (Å²) in [6, 6.07) is -0.103. The summed E-state index contributed by atoms with van der Waals surface area (Å²) in [6.07, 6.45) is 4.07. The Morgan fingerprint density at radius 2 is 1.95 bits per heavy atom. The van der Waals surface area contributed by atoms with E-state index in [-0.39, 0.29) is 12.5 Å². The van der Waals surface area contributed by atoms with Crippen LogP contribution < -0.4 is 10.6 Å². The lowest BCUT2D eigenvalue weighted by Crippen LogP contribution is -2.39. The second-order valence-electron chi connectivity index (χ2n) is 5.52. The van der Waals surface area contributed by atoms with Crippen molar-refractivity contribution in [3.63, 3.8) is 0 Å². The summed E-state index contributed by atoms with van der Waals surface area (Å²) in [5, 5.41) is 14.3. The third-order valence-corrected chi connectivity index (χ3v) is 4.71. The van der Waals surface area contributed by atoms with Crippen LogP contribution in [0.25, 0.3) is 0 Å². The van der Waals surface area contributed by atoms with Crippen LogP contribution in [0.4, 0.5) is 4.79 Å². The normalized spacial score (nSPS) is 17.4. The number of amides is 2. The maximum absolute atomic E-state index is 11.6. The van der Waals surface area contributed by atoms with E-state index in [0.717, 1.165) is 13.0 Å². The second-order valence-corrected chi connectivity index (χ2v) is 6.74. The van der Waals surface area contributed by atoms with Crippen molar-refractivity contribution in [3.8, 4) is 0 Å². The molecular weight excluding hydrogens is 276 g/mol. The molecule has 1 atom stereocenters. The number of thioether (sulfide) groups is 1. The zero-order chi connectivity index (χ0) is 14.8.